The lowest BCUT2D eigenvalue weighted by Crippen LogP contribution is -2.42. The minimum atomic E-state index is -0.699. The molecule has 0 aliphatic carbocycles. The molecule has 2 amide bonds. The number of rotatable bonds is 7. The number of hydrogen-bond donors (Lipinski definition) is 2. The molecule has 1 aromatic carbocycles. The molecule has 0 fully saturated rings. The number of hydrogen-bond acceptors (Lipinski definition) is 3. The van der Waals surface area contributed by atoms with Crippen molar-refractivity contribution in [1.29, 1.82) is 0 Å². The Kier molecular flexibility index (Phi) is 5.96. The van der Waals surface area contributed by atoms with Crippen LogP contribution in [0.3, 0.4) is 0 Å². The van der Waals surface area contributed by atoms with E-state index in [1.807, 2.05) is 12.1 Å². The van der Waals surface area contributed by atoms with Crippen molar-refractivity contribution in [3.63, 3.8) is 0 Å². The summed E-state index contributed by atoms with van der Waals surface area (Å²) in [6, 6.07) is 6.50. The molecule has 5 nitrogen and oxygen atoms in total. The number of carbonyl (C=O) groups excluding carboxylic acids is 2. The Balaban J connectivity index is 2.61. The Bertz CT molecular complexity index is 486. The van der Waals surface area contributed by atoms with Gasteiger partial charge in [0.1, 0.15) is 18.4 Å². The standard InChI is InChI=1S/C14H16N2O3/c1-2-3-8-19-12-6-4-11(5-7-12)9-13(14(15)18)16-10-17/h4-7,10,13H,8-9H2,1H3,(H2,15,18)(H,16,17)/t13-/m0/s1. The Labute approximate surface area is 112 Å². The van der Waals surface area contributed by atoms with Crippen molar-refractivity contribution >= 4 is 12.3 Å². The number of primary amides is 1. The molecule has 0 heterocycles. The first kappa shape index (κ1) is 14.6. The minimum absolute atomic E-state index is 0.340. The third kappa shape index (κ3) is 5.13. The zero-order valence-corrected chi connectivity index (χ0v) is 10.7. The second-order valence-electron chi connectivity index (χ2n) is 3.80. The highest BCUT2D eigenvalue weighted by Gasteiger charge is 2.14. The summed E-state index contributed by atoms with van der Waals surface area (Å²) in [7, 11) is 0. The SMILES string of the molecule is CC#CCOc1ccc(C[C@H](NC=O)C(N)=O)cc1. The summed E-state index contributed by atoms with van der Waals surface area (Å²) < 4.78 is 5.36. The molecule has 0 saturated carbocycles. The normalized spacial score (nSPS) is 10.8. The van der Waals surface area contributed by atoms with Crippen LogP contribution in [0, 0.1) is 11.8 Å². The van der Waals surface area contributed by atoms with Gasteiger partial charge in [0.2, 0.25) is 12.3 Å². The third-order valence-electron chi connectivity index (χ3n) is 2.46. The molecule has 0 aromatic heterocycles. The van der Waals surface area contributed by atoms with Crippen molar-refractivity contribution in [2.75, 3.05) is 6.61 Å². The first-order chi connectivity index (χ1) is 9.17. The molecule has 0 aliphatic rings. The van der Waals surface area contributed by atoms with E-state index in [9.17, 15) is 9.59 Å². The molecule has 100 valence electrons. The Morgan fingerprint density at radius 2 is 2.16 bits per heavy atom. The maximum absolute atomic E-state index is 11.1. The van der Waals surface area contributed by atoms with Crippen LogP contribution >= 0.6 is 0 Å². The number of carbonyl (C=O) groups is 2. The van der Waals surface area contributed by atoms with Crippen molar-refractivity contribution in [3.05, 3.63) is 29.8 Å². The van der Waals surface area contributed by atoms with Crippen LogP contribution in [0.1, 0.15) is 12.5 Å². The van der Waals surface area contributed by atoms with Gasteiger partial charge in [0.15, 0.2) is 0 Å². The molecular formula is C14H16N2O3. The third-order valence-corrected chi connectivity index (χ3v) is 2.46. The van der Waals surface area contributed by atoms with Gasteiger partial charge in [0, 0.05) is 6.42 Å². The molecular weight excluding hydrogens is 244 g/mol. The molecule has 0 bridgehead atoms. The molecule has 5 heteroatoms. The zero-order valence-electron chi connectivity index (χ0n) is 10.7. The van der Waals surface area contributed by atoms with E-state index in [1.54, 1.807) is 19.1 Å². The van der Waals surface area contributed by atoms with E-state index in [0.29, 0.717) is 25.2 Å². The Hall–Kier alpha value is -2.48. The molecule has 0 saturated heterocycles. The van der Waals surface area contributed by atoms with Gasteiger partial charge < -0.3 is 15.8 Å². The van der Waals surface area contributed by atoms with E-state index in [0.717, 1.165) is 5.56 Å². The van der Waals surface area contributed by atoms with Crippen molar-refractivity contribution in [2.24, 2.45) is 5.73 Å². The molecule has 0 radical (unpaired) electrons. The second kappa shape index (κ2) is 7.77. The second-order valence-corrected chi connectivity index (χ2v) is 3.80. The smallest absolute Gasteiger partial charge is 0.240 e. The monoisotopic (exact) mass is 260 g/mol. The van der Waals surface area contributed by atoms with Gasteiger partial charge in [0.05, 0.1) is 0 Å². The highest BCUT2D eigenvalue weighted by atomic mass is 16.5. The van der Waals surface area contributed by atoms with Crippen LogP contribution in [-0.4, -0.2) is 25.0 Å². The minimum Gasteiger partial charge on any atom is -0.481 e. The number of benzene rings is 1. The molecule has 0 aliphatic heterocycles. The average molecular weight is 260 g/mol. The van der Waals surface area contributed by atoms with Gasteiger partial charge in [-0.1, -0.05) is 18.1 Å². The van der Waals surface area contributed by atoms with E-state index in [1.165, 1.54) is 0 Å². The number of amides is 2. The fraction of sp³-hybridized carbons (Fsp3) is 0.286. The summed E-state index contributed by atoms with van der Waals surface area (Å²) in [4.78, 5) is 21.5. The van der Waals surface area contributed by atoms with Gasteiger partial charge in [0.25, 0.3) is 0 Å². The Morgan fingerprint density at radius 1 is 1.47 bits per heavy atom. The maximum atomic E-state index is 11.1. The highest BCUT2D eigenvalue weighted by molar-refractivity contribution is 5.82. The topological polar surface area (TPSA) is 81.4 Å². The van der Waals surface area contributed by atoms with Crippen LogP contribution < -0.4 is 15.8 Å². The Morgan fingerprint density at radius 3 is 2.68 bits per heavy atom. The van der Waals surface area contributed by atoms with Gasteiger partial charge in [-0.2, -0.15) is 0 Å². The van der Waals surface area contributed by atoms with Crippen LogP contribution in [0.4, 0.5) is 0 Å². The first-order valence-corrected chi connectivity index (χ1v) is 5.77. The molecule has 3 N–H and O–H groups in total. The molecule has 0 unspecified atom stereocenters. The lowest BCUT2D eigenvalue weighted by atomic mass is 10.1. The molecule has 1 aromatic rings. The van der Waals surface area contributed by atoms with E-state index in [4.69, 9.17) is 10.5 Å². The van der Waals surface area contributed by atoms with Crippen molar-refractivity contribution in [2.45, 2.75) is 19.4 Å². The summed E-state index contributed by atoms with van der Waals surface area (Å²) >= 11 is 0. The predicted molar refractivity (Wildman–Crippen MR) is 71.3 cm³/mol. The molecule has 1 rings (SSSR count). The quantitative estimate of drug-likeness (QED) is 0.544. The fourth-order valence-electron chi connectivity index (χ4n) is 1.47. The molecule has 1 atom stereocenters. The van der Waals surface area contributed by atoms with Crippen LogP contribution in [-0.2, 0) is 16.0 Å². The fourth-order valence-corrected chi connectivity index (χ4v) is 1.47. The van der Waals surface area contributed by atoms with Crippen molar-refractivity contribution in [3.8, 4) is 17.6 Å². The predicted octanol–water partition coefficient (Wildman–Crippen LogP) is 0.231. The number of nitrogens with two attached hydrogens (primary N) is 1. The van der Waals surface area contributed by atoms with Crippen LogP contribution in [0.2, 0.25) is 0 Å². The summed E-state index contributed by atoms with van der Waals surface area (Å²) in [6.07, 6.45) is 0.819. The van der Waals surface area contributed by atoms with E-state index in [2.05, 4.69) is 17.2 Å². The lowest BCUT2D eigenvalue weighted by molar-refractivity contribution is -0.122. The van der Waals surface area contributed by atoms with Gasteiger partial charge in [-0.15, -0.1) is 5.92 Å². The summed E-state index contributed by atoms with van der Waals surface area (Å²) in [5, 5.41) is 2.38. The highest BCUT2D eigenvalue weighted by Crippen LogP contribution is 2.13. The number of nitrogens with one attached hydrogen (secondary N) is 1. The van der Waals surface area contributed by atoms with Gasteiger partial charge in [-0.05, 0) is 24.6 Å². The summed E-state index contributed by atoms with van der Waals surface area (Å²) in [6.45, 7) is 2.09. The average Bonchev–Trinajstić information content (AvgIpc) is 2.40. The summed E-state index contributed by atoms with van der Waals surface area (Å²) in [5.41, 5.74) is 6.06. The van der Waals surface area contributed by atoms with Crippen LogP contribution in [0.15, 0.2) is 24.3 Å². The molecule has 0 spiro atoms. The van der Waals surface area contributed by atoms with Crippen molar-refractivity contribution in [1.82, 2.24) is 5.32 Å². The lowest BCUT2D eigenvalue weighted by Gasteiger charge is -2.12. The van der Waals surface area contributed by atoms with Crippen LogP contribution in [0.5, 0.6) is 5.75 Å². The first-order valence-electron chi connectivity index (χ1n) is 5.77. The van der Waals surface area contributed by atoms with E-state index >= 15 is 0 Å². The van der Waals surface area contributed by atoms with Gasteiger partial charge in [-0.3, -0.25) is 9.59 Å². The van der Waals surface area contributed by atoms with Crippen LogP contribution in [0.25, 0.3) is 0 Å². The zero-order chi connectivity index (χ0) is 14.1. The van der Waals surface area contributed by atoms with Crippen molar-refractivity contribution < 1.29 is 14.3 Å². The summed E-state index contributed by atoms with van der Waals surface area (Å²) in [5.74, 6) is 5.66. The van der Waals surface area contributed by atoms with E-state index < -0.39 is 11.9 Å². The van der Waals surface area contributed by atoms with Gasteiger partial charge >= 0.3 is 0 Å². The van der Waals surface area contributed by atoms with E-state index in [-0.39, 0.29) is 0 Å². The largest absolute Gasteiger partial charge is 0.481 e. The van der Waals surface area contributed by atoms with Gasteiger partial charge in [-0.25, -0.2) is 0 Å². The number of ether oxygens (including phenoxy) is 1. The molecule has 19 heavy (non-hydrogen) atoms. The maximum Gasteiger partial charge on any atom is 0.240 e.